The van der Waals surface area contributed by atoms with E-state index in [-0.39, 0.29) is 0 Å². The zero-order chi connectivity index (χ0) is 8.69. The van der Waals surface area contributed by atoms with Crippen LogP contribution in [0.15, 0.2) is 0 Å². The van der Waals surface area contributed by atoms with Crippen LogP contribution >= 0.6 is 0 Å². The molecule has 0 unspecified atom stereocenters. The van der Waals surface area contributed by atoms with E-state index in [0.717, 1.165) is 0 Å². The van der Waals surface area contributed by atoms with Crippen LogP contribution in [0.4, 0.5) is 0 Å². The van der Waals surface area contributed by atoms with Crippen LogP contribution in [-0.2, 0) is 4.74 Å². The van der Waals surface area contributed by atoms with E-state index < -0.39 is 0 Å². The van der Waals surface area contributed by atoms with Gasteiger partial charge in [0.1, 0.15) is 0 Å². The monoisotopic (exact) mass is 158 g/mol. The summed E-state index contributed by atoms with van der Waals surface area (Å²) in [7, 11) is 0. The predicted octanol–water partition coefficient (Wildman–Crippen LogP) is 3.38. The Kier molecular flexibility index (Phi) is 6.63. The molecule has 0 aliphatic carbocycles. The molecule has 1 nitrogen and oxygen atoms in total. The zero-order valence-corrected chi connectivity index (χ0v) is 8.39. The second-order valence-corrected chi connectivity index (χ2v) is 3.40. The minimum Gasteiger partial charge on any atom is -0.376 e. The fourth-order valence-corrected chi connectivity index (χ4v) is 1.23. The van der Waals surface area contributed by atoms with Crippen molar-refractivity contribution in [2.24, 2.45) is 0 Å². The summed E-state index contributed by atoms with van der Waals surface area (Å²) in [6.45, 7) is 8.55. The minimum atomic E-state index is 0.513. The van der Waals surface area contributed by atoms with Gasteiger partial charge in [-0.2, -0.15) is 0 Å². The number of hydrogen-bond donors (Lipinski definition) is 0. The summed E-state index contributed by atoms with van der Waals surface area (Å²) in [5.41, 5.74) is 0. The Bertz CT molecular complexity index is 72.9. The van der Waals surface area contributed by atoms with E-state index in [4.69, 9.17) is 4.74 Å². The van der Waals surface area contributed by atoms with Crippen molar-refractivity contribution in [2.75, 3.05) is 0 Å². The van der Waals surface area contributed by atoms with Crippen molar-refractivity contribution in [1.29, 1.82) is 0 Å². The lowest BCUT2D eigenvalue weighted by Crippen LogP contribution is -2.22. The molecule has 1 rings (SSSR count). The standard InChI is InChI=1S/C7H14O.C3H8/c1-6-4-3-5-7(2)8-6;1-3-2/h6-7H,3-5H2,1-2H3;3H2,1-2H3/t6-,7+;. The van der Waals surface area contributed by atoms with E-state index >= 15 is 0 Å². The maximum Gasteiger partial charge on any atom is 0.0550 e. The SMILES string of the molecule is CCC.C[C@@H]1CCC[C@H](C)O1. The molecule has 1 fully saturated rings. The van der Waals surface area contributed by atoms with Gasteiger partial charge in [-0.3, -0.25) is 0 Å². The number of ether oxygens (including phenoxy) is 1. The van der Waals surface area contributed by atoms with E-state index in [0.29, 0.717) is 12.2 Å². The largest absolute Gasteiger partial charge is 0.376 e. The molecule has 0 aromatic heterocycles. The summed E-state index contributed by atoms with van der Waals surface area (Å²) in [5, 5.41) is 0. The van der Waals surface area contributed by atoms with Crippen LogP contribution < -0.4 is 0 Å². The molecule has 1 heteroatoms. The van der Waals surface area contributed by atoms with Gasteiger partial charge in [-0.1, -0.05) is 20.3 Å². The molecule has 2 atom stereocenters. The van der Waals surface area contributed by atoms with Gasteiger partial charge < -0.3 is 4.74 Å². The molecule has 11 heavy (non-hydrogen) atoms. The van der Waals surface area contributed by atoms with Gasteiger partial charge >= 0.3 is 0 Å². The van der Waals surface area contributed by atoms with E-state index in [9.17, 15) is 0 Å². The summed E-state index contributed by atoms with van der Waals surface area (Å²) in [6, 6.07) is 0. The highest BCUT2D eigenvalue weighted by atomic mass is 16.5. The van der Waals surface area contributed by atoms with Crippen LogP contribution in [0.5, 0.6) is 0 Å². The molecule has 0 aromatic carbocycles. The second kappa shape index (κ2) is 6.66. The first kappa shape index (κ1) is 11.0. The summed E-state index contributed by atoms with van der Waals surface area (Å²) < 4.78 is 5.49. The molecule has 0 aromatic rings. The van der Waals surface area contributed by atoms with Gasteiger partial charge in [-0.15, -0.1) is 0 Å². The van der Waals surface area contributed by atoms with E-state index in [1.807, 2.05) is 0 Å². The van der Waals surface area contributed by atoms with Crippen LogP contribution in [-0.4, -0.2) is 12.2 Å². The molecule has 1 aliphatic rings. The molecule has 68 valence electrons. The van der Waals surface area contributed by atoms with Gasteiger partial charge in [0.15, 0.2) is 0 Å². The fourth-order valence-electron chi connectivity index (χ4n) is 1.23. The third-order valence-electron chi connectivity index (χ3n) is 1.69. The molecule has 0 spiro atoms. The topological polar surface area (TPSA) is 9.23 Å². The first-order chi connectivity index (χ1) is 5.20. The summed E-state index contributed by atoms with van der Waals surface area (Å²) in [4.78, 5) is 0. The Morgan fingerprint density at radius 1 is 1.09 bits per heavy atom. The smallest absolute Gasteiger partial charge is 0.0550 e. The Morgan fingerprint density at radius 2 is 1.45 bits per heavy atom. The normalized spacial score (nSPS) is 30.5. The van der Waals surface area contributed by atoms with Crippen LogP contribution in [0.2, 0.25) is 0 Å². The van der Waals surface area contributed by atoms with Gasteiger partial charge in [-0.25, -0.2) is 0 Å². The quantitative estimate of drug-likeness (QED) is 0.525. The minimum absolute atomic E-state index is 0.513. The lowest BCUT2D eigenvalue weighted by Gasteiger charge is -2.24. The molecule has 0 N–H and O–H groups in total. The van der Waals surface area contributed by atoms with Crippen molar-refractivity contribution in [3.8, 4) is 0 Å². The van der Waals surface area contributed by atoms with Crippen molar-refractivity contribution in [3.63, 3.8) is 0 Å². The highest BCUT2D eigenvalue weighted by molar-refractivity contribution is 4.63. The first-order valence-electron chi connectivity index (χ1n) is 4.86. The maximum absolute atomic E-state index is 5.49. The molecular formula is C10H22O. The summed E-state index contributed by atoms with van der Waals surface area (Å²) in [5.74, 6) is 0. The fraction of sp³-hybridized carbons (Fsp3) is 1.00. The third-order valence-corrected chi connectivity index (χ3v) is 1.69. The van der Waals surface area contributed by atoms with Crippen molar-refractivity contribution in [2.45, 2.75) is 65.6 Å². The van der Waals surface area contributed by atoms with Crippen LogP contribution in [0.25, 0.3) is 0 Å². The van der Waals surface area contributed by atoms with Crippen molar-refractivity contribution in [1.82, 2.24) is 0 Å². The van der Waals surface area contributed by atoms with Gasteiger partial charge in [0.2, 0.25) is 0 Å². The summed E-state index contributed by atoms with van der Waals surface area (Å²) in [6.07, 6.45) is 6.13. The molecule has 1 heterocycles. The van der Waals surface area contributed by atoms with Crippen molar-refractivity contribution >= 4 is 0 Å². The van der Waals surface area contributed by atoms with Crippen molar-refractivity contribution in [3.05, 3.63) is 0 Å². The van der Waals surface area contributed by atoms with E-state index in [2.05, 4.69) is 27.7 Å². The van der Waals surface area contributed by atoms with Crippen LogP contribution in [0.1, 0.15) is 53.4 Å². The van der Waals surface area contributed by atoms with Crippen molar-refractivity contribution < 1.29 is 4.74 Å². The average Bonchev–Trinajstić information content (AvgIpc) is 1.88. The van der Waals surface area contributed by atoms with Gasteiger partial charge in [0.25, 0.3) is 0 Å². The molecule has 0 bridgehead atoms. The average molecular weight is 158 g/mol. The number of rotatable bonds is 0. The number of hydrogen-bond acceptors (Lipinski definition) is 1. The van der Waals surface area contributed by atoms with E-state index in [1.54, 1.807) is 0 Å². The zero-order valence-electron chi connectivity index (χ0n) is 8.39. The molecule has 0 saturated carbocycles. The molecule has 0 amide bonds. The Morgan fingerprint density at radius 3 is 1.64 bits per heavy atom. The Labute approximate surface area is 71.1 Å². The Balaban J connectivity index is 0.000000292. The predicted molar refractivity (Wildman–Crippen MR) is 49.8 cm³/mol. The van der Waals surface area contributed by atoms with E-state index in [1.165, 1.54) is 25.7 Å². The molecular weight excluding hydrogens is 136 g/mol. The molecule has 1 saturated heterocycles. The molecule has 1 aliphatic heterocycles. The van der Waals surface area contributed by atoms with Crippen LogP contribution in [0.3, 0.4) is 0 Å². The second-order valence-electron chi connectivity index (χ2n) is 3.40. The summed E-state index contributed by atoms with van der Waals surface area (Å²) >= 11 is 0. The lowest BCUT2D eigenvalue weighted by molar-refractivity contribution is -0.0292. The lowest BCUT2D eigenvalue weighted by atomic mass is 10.1. The Hall–Kier alpha value is -0.0400. The van der Waals surface area contributed by atoms with Gasteiger partial charge in [-0.05, 0) is 33.1 Å². The highest BCUT2D eigenvalue weighted by Crippen LogP contribution is 2.17. The highest BCUT2D eigenvalue weighted by Gasteiger charge is 2.13. The van der Waals surface area contributed by atoms with Gasteiger partial charge in [0.05, 0.1) is 12.2 Å². The third kappa shape index (κ3) is 6.36. The van der Waals surface area contributed by atoms with Gasteiger partial charge in [0, 0.05) is 0 Å². The van der Waals surface area contributed by atoms with Crippen LogP contribution in [0, 0.1) is 0 Å². The first-order valence-corrected chi connectivity index (χ1v) is 4.86. The maximum atomic E-state index is 5.49. The molecule has 0 radical (unpaired) electrons.